The van der Waals surface area contributed by atoms with Crippen LogP contribution in [0.3, 0.4) is 0 Å². The van der Waals surface area contributed by atoms with Crippen LogP contribution in [0.1, 0.15) is 56.8 Å². The fourth-order valence-corrected chi connectivity index (χ4v) is 5.93. The lowest BCUT2D eigenvalue weighted by molar-refractivity contribution is -0.148. The van der Waals surface area contributed by atoms with Gasteiger partial charge in [0.15, 0.2) is 0 Å². The van der Waals surface area contributed by atoms with Gasteiger partial charge in [-0.25, -0.2) is 4.79 Å². The number of fused-ring (bicyclic) bond motifs is 1. The zero-order valence-electron chi connectivity index (χ0n) is 21.7. The van der Waals surface area contributed by atoms with Gasteiger partial charge in [-0.2, -0.15) is 0 Å². The average molecular weight is 533 g/mol. The summed E-state index contributed by atoms with van der Waals surface area (Å²) in [4.78, 5) is 32.9. The minimum atomic E-state index is -0.790. The number of aryl methyl sites for hydroxylation is 1. The number of nitrogens with zero attached hydrogens (tertiary/aromatic N) is 3. The Bertz CT molecular complexity index is 1120. The summed E-state index contributed by atoms with van der Waals surface area (Å²) >= 11 is 12.5. The van der Waals surface area contributed by atoms with Crippen molar-refractivity contribution < 1.29 is 14.3 Å². The molecular weight excluding hydrogens is 497 g/mol. The molecule has 4 rings (SSSR count). The van der Waals surface area contributed by atoms with Crippen molar-refractivity contribution in [3.63, 3.8) is 0 Å². The molecule has 1 saturated heterocycles. The van der Waals surface area contributed by atoms with E-state index in [4.69, 9.17) is 27.9 Å². The van der Waals surface area contributed by atoms with E-state index in [9.17, 15) is 9.59 Å². The van der Waals surface area contributed by atoms with Gasteiger partial charge in [0, 0.05) is 43.3 Å². The third-order valence-corrected chi connectivity index (χ3v) is 7.75. The number of carbonyl (C=O) groups excluding carboxylic acids is 2. The second-order valence-electron chi connectivity index (χ2n) is 10.8. The molecule has 2 unspecified atom stereocenters. The minimum Gasteiger partial charge on any atom is -0.444 e. The molecule has 36 heavy (non-hydrogen) atoms. The van der Waals surface area contributed by atoms with Crippen LogP contribution in [0.4, 0.5) is 4.79 Å². The smallest absolute Gasteiger partial charge is 0.410 e. The van der Waals surface area contributed by atoms with Crippen molar-refractivity contribution in [3.8, 4) is 0 Å². The largest absolute Gasteiger partial charge is 0.444 e. The second kappa shape index (κ2) is 10.2. The molecule has 2 amide bonds. The third kappa shape index (κ3) is 5.22. The van der Waals surface area contributed by atoms with E-state index in [0.717, 1.165) is 17.5 Å². The van der Waals surface area contributed by atoms with E-state index in [1.165, 1.54) is 5.56 Å². The van der Waals surface area contributed by atoms with Gasteiger partial charge >= 0.3 is 6.09 Å². The van der Waals surface area contributed by atoms with E-state index in [-0.39, 0.29) is 18.0 Å². The molecule has 1 fully saturated rings. The van der Waals surface area contributed by atoms with Crippen LogP contribution in [0.25, 0.3) is 0 Å². The predicted octanol–water partition coefficient (Wildman–Crippen LogP) is 5.91. The Kier molecular flexibility index (Phi) is 7.61. The van der Waals surface area contributed by atoms with Gasteiger partial charge in [-0.15, -0.1) is 0 Å². The monoisotopic (exact) mass is 531 g/mol. The highest BCUT2D eigenvalue weighted by Crippen LogP contribution is 2.44. The standard InChI is InChI=1S/C28H35Cl2N3O3/c1-19(21-16-22(29)18-23(30)17-21)31(5)25(34)28(11-10-20-8-6-7-9-24(20)28)33-14-12-32(13-15-33)26(35)36-27(2,3)4/h6-9,16-19H,10-15H2,1-5H3. The molecular formula is C28H35Cl2N3O3. The molecule has 0 aromatic heterocycles. The van der Waals surface area contributed by atoms with E-state index < -0.39 is 11.1 Å². The summed E-state index contributed by atoms with van der Waals surface area (Å²) in [6.45, 7) is 9.80. The number of piperazine rings is 1. The lowest BCUT2D eigenvalue weighted by atomic mass is 9.86. The summed E-state index contributed by atoms with van der Waals surface area (Å²) < 4.78 is 5.58. The number of amides is 2. The lowest BCUT2D eigenvalue weighted by Crippen LogP contribution is -2.61. The van der Waals surface area contributed by atoms with Crippen LogP contribution in [-0.4, -0.2) is 65.5 Å². The molecule has 2 aromatic carbocycles. The van der Waals surface area contributed by atoms with Gasteiger partial charge in [0.05, 0.1) is 6.04 Å². The third-order valence-electron chi connectivity index (χ3n) is 7.31. The summed E-state index contributed by atoms with van der Waals surface area (Å²) in [7, 11) is 1.85. The van der Waals surface area contributed by atoms with Crippen LogP contribution in [0.15, 0.2) is 42.5 Å². The maximum atomic E-state index is 14.4. The number of halogens is 2. The fourth-order valence-electron chi connectivity index (χ4n) is 5.38. The first-order valence-corrected chi connectivity index (χ1v) is 13.2. The molecule has 1 heterocycles. The van der Waals surface area contributed by atoms with Crippen molar-refractivity contribution in [3.05, 3.63) is 69.2 Å². The van der Waals surface area contributed by atoms with Crippen molar-refractivity contribution in [2.75, 3.05) is 33.2 Å². The van der Waals surface area contributed by atoms with Crippen LogP contribution in [0, 0.1) is 0 Å². The molecule has 2 aliphatic rings. The summed E-state index contributed by atoms with van der Waals surface area (Å²) in [6, 6.07) is 13.4. The maximum absolute atomic E-state index is 14.4. The highest BCUT2D eigenvalue weighted by Gasteiger charge is 2.52. The molecule has 1 aliphatic carbocycles. The van der Waals surface area contributed by atoms with Gasteiger partial charge in [0.25, 0.3) is 0 Å². The summed E-state index contributed by atoms with van der Waals surface area (Å²) in [5.41, 5.74) is 1.82. The molecule has 8 heteroatoms. The summed E-state index contributed by atoms with van der Waals surface area (Å²) in [5, 5.41) is 1.09. The zero-order chi connectivity index (χ0) is 26.3. The Balaban J connectivity index is 1.62. The van der Waals surface area contributed by atoms with E-state index >= 15 is 0 Å². The van der Waals surface area contributed by atoms with Gasteiger partial charge in [0.1, 0.15) is 11.1 Å². The lowest BCUT2D eigenvalue weighted by Gasteiger charge is -2.47. The molecule has 6 nitrogen and oxygen atoms in total. The van der Waals surface area contributed by atoms with Crippen molar-refractivity contribution in [2.45, 2.75) is 57.7 Å². The van der Waals surface area contributed by atoms with Crippen LogP contribution in [0.2, 0.25) is 10.0 Å². The Hall–Kier alpha value is -2.28. The maximum Gasteiger partial charge on any atom is 0.410 e. The zero-order valence-corrected chi connectivity index (χ0v) is 23.2. The van der Waals surface area contributed by atoms with Gasteiger partial charge in [-0.05, 0) is 75.4 Å². The number of hydrogen-bond acceptors (Lipinski definition) is 4. The average Bonchev–Trinajstić information content (AvgIpc) is 3.21. The number of benzene rings is 2. The van der Waals surface area contributed by atoms with Crippen molar-refractivity contribution in [2.24, 2.45) is 0 Å². The Morgan fingerprint density at radius 1 is 1.03 bits per heavy atom. The Labute approximate surface area is 224 Å². The molecule has 194 valence electrons. The summed E-state index contributed by atoms with van der Waals surface area (Å²) in [5.74, 6) is 0.0433. The number of carbonyl (C=O) groups is 2. The molecule has 0 N–H and O–H groups in total. The van der Waals surface area contributed by atoms with Crippen LogP contribution in [-0.2, 0) is 21.5 Å². The van der Waals surface area contributed by atoms with E-state index in [2.05, 4.69) is 17.0 Å². The van der Waals surface area contributed by atoms with E-state index in [1.54, 1.807) is 11.0 Å². The van der Waals surface area contributed by atoms with Gasteiger partial charge in [-0.3, -0.25) is 9.69 Å². The van der Waals surface area contributed by atoms with Crippen LogP contribution >= 0.6 is 23.2 Å². The highest BCUT2D eigenvalue weighted by atomic mass is 35.5. The van der Waals surface area contributed by atoms with Gasteiger partial charge < -0.3 is 14.5 Å². The summed E-state index contributed by atoms with van der Waals surface area (Å²) in [6.07, 6.45) is 1.22. The first-order chi connectivity index (χ1) is 16.9. The molecule has 2 atom stereocenters. The second-order valence-corrected chi connectivity index (χ2v) is 11.6. The number of hydrogen-bond donors (Lipinski definition) is 0. The van der Waals surface area contributed by atoms with Gasteiger partial charge in [0.2, 0.25) is 5.91 Å². The molecule has 2 aromatic rings. The number of rotatable bonds is 4. The number of likely N-dealkylation sites (N-methyl/N-ethyl adjacent to an activating group) is 1. The molecule has 0 radical (unpaired) electrons. The van der Waals surface area contributed by atoms with Crippen molar-refractivity contribution >= 4 is 35.2 Å². The van der Waals surface area contributed by atoms with Gasteiger partial charge in [-0.1, -0.05) is 47.5 Å². The first-order valence-electron chi connectivity index (χ1n) is 12.5. The topological polar surface area (TPSA) is 53.1 Å². The molecule has 0 saturated carbocycles. The fraction of sp³-hybridized carbons (Fsp3) is 0.500. The predicted molar refractivity (Wildman–Crippen MR) is 143 cm³/mol. The van der Waals surface area contributed by atoms with Crippen LogP contribution in [0.5, 0.6) is 0 Å². The van der Waals surface area contributed by atoms with E-state index in [1.807, 2.05) is 63.9 Å². The van der Waals surface area contributed by atoms with Crippen LogP contribution < -0.4 is 0 Å². The molecule has 1 aliphatic heterocycles. The number of ether oxygens (including phenoxy) is 1. The Morgan fingerprint density at radius 3 is 2.25 bits per heavy atom. The minimum absolute atomic E-state index is 0.0433. The SMILES string of the molecule is CC(c1cc(Cl)cc(Cl)c1)N(C)C(=O)C1(N2CCN(C(=O)OC(C)(C)C)CC2)CCc2ccccc21. The van der Waals surface area contributed by atoms with E-state index in [0.29, 0.717) is 42.6 Å². The van der Waals surface area contributed by atoms with Crippen molar-refractivity contribution in [1.82, 2.24) is 14.7 Å². The molecule has 0 spiro atoms. The highest BCUT2D eigenvalue weighted by molar-refractivity contribution is 6.34. The normalized spacial score (nSPS) is 21.1. The van der Waals surface area contributed by atoms with Crippen molar-refractivity contribution in [1.29, 1.82) is 0 Å². The molecule has 0 bridgehead atoms. The quantitative estimate of drug-likeness (QED) is 0.492. The Morgan fingerprint density at radius 2 is 1.64 bits per heavy atom. The first kappa shape index (κ1) is 26.8.